The molecule has 0 aliphatic rings. The molecule has 7 nitrogen and oxygen atoms in total. The van der Waals surface area contributed by atoms with Gasteiger partial charge in [0.25, 0.3) is 0 Å². The number of carbonyl (C=O) groups excluding carboxylic acids is 2. The lowest BCUT2D eigenvalue weighted by molar-refractivity contribution is -0.127. The number of carbonyl (C=O) groups is 2. The average Bonchev–Trinajstić information content (AvgIpc) is 3.07. The third-order valence-electron chi connectivity index (χ3n) is 3.44. The second-order valence-corrected chi connectivity index (χ2v) is 6.64. The van der Waals surface area contributed by atoms with Crippen molar-refractivity contribution < 1.29 is 9.59 Å². The monoisotopic (exact) mass is 361 g/mol. The third-order valence-corrected chi connectivity index (χ3v) is 4.29. The molecule has 0 fully saturated rings. The van der Waals surface area contributed by atoms with Crippen molar-refractivity contribution in [2.45, 2.75) is 38.4 Å². The first-order valence-electron chi connectivity index (χ1n) is 8.19. The Bertz CT molecular complexity index is 714. The quantitative estimate of drug-likeness (QED) is 0.624. The van der Waals surface area contributed by atoms with Gasteiger partial charge in [-0.25, -0.2) is 4.98 Å². The maximum Gasteiger partial charge on any atom is 0.242 e. The highest BCUT2D eigenvalue weighted by molar-refractivity contribution is 7.99. The molecule has 0 radical (unpaired) electrons. The number of amides is 2. The predicted molar refractivity (Wildman–Crippen MR) is 98.2 cm³/mol. The van der Waals surface area contributed by atoms with E-state index >= 15 is 0 Å². The molecule has 1 aromatic heterocycles. The maximum atomic E-state index is 11.9. The van der Waals surface area contributed by atoms with E-state index in [1.165, 1.54) is 17.3 Å². The summed E-state index contributed by atoms with van der Waals surface area (Å²) < 4.78 is 0. The Balaban J connectivity index is 1.82. The van der Waals surface area contributed by atoms with E-state index in [1.54, 1.807) is 6.92 Å². The Morgan fingerprint density at radius 2 is 2.00 bits per heavy atom. The SMILES string of the molecule is CCCNC(=O)[C@@H](C)NC(=O)CSc1n[nH]c(-c2ccc(C)cc2)n1. The summed E-state index contributed by atoms with van der Waals surface area (Å²) in [6, 6.07) is 7.38. The molecule has 0 saturated heterocycles. The van der Waals surface area contributed by atoms with Crippen LogP contribution in [0.2, 0.25) is 0 Å². The van der Waals surface area contributed by atoms with Crippen molar-refractivity contribution in [2.75, 3.05) is 12.3 Å². The van der Waals surface area contributed by atoms with E-state index in [2.05, 4.69) is 25.8 Å². The van der Waals surface area contributed by atoms with E-state index in [0.717, 1.165) is 12.0 Å². The van der Waals surface area contributed by atoms with E-state index in [0.29, 0.717) is 17.5 Å². The molecule has 0 bridgehead atoms. The standard InChI is InChI=1S/C17H23N5O2S/c1-4-9-18-16(24)12(3)19-14(23)10-25-17-20-15(21-22-17)13-7-5-11(2)6-8-13/h5-8,12H,4,9-10H2,1-3H3,(H,18,24)(H,19,23)(H,20,21,22)/t12-/m1/s1. The molecule has 8 heteroatoms. The Hall–Kier alpha value is -2.35. The van der Waals surface area contributed by atoms with E-state index in [9.17, 15) is 9.59 Å². The summed E-state index contributed by atoms with van der Waals surface area (Å²) in [6.07, 6.45) is 0.858. The largest absolute Gasteiger partial charge is 0.354 e. The first-order chi connectivity index (χ1) is 12.0. The summed E-state index contributed by atoms with van der Waals surface area (Å²) in [6.45, 7) is 6.26. The lowest BCUT2D eigenvalue weighted by atomic mass is 10.1. The van der Waals surface area contributed by atoms with Crippen LogP contribution in [-0.2, 0) is 9.59 Å². The van der Waals surface area contributed by atoms with Crippen molar-refractivity contribution in [3.8, 4) is 11.4 Å². The molecular formula is C17H23N5O2S. The zero-order valence-electron chi connectivity index (χ0n) is 14.6. The van der Waals surface area contributed by atoms with Gasteiger partial charge in [0.1, 0.15) is 6.04 Å². The summed E-state index contributed by atoms with van der Waals surface area (Å²) in [5.41, 5.74) is 2.11. The van der Waals surface area contributed by atoms with Crippen LogP contribution in [-0.4, -0.2) is 45.3 Å². The fourth-order valence-corrected chi connectivity index (χ4v) is 2.64. The van der Waals surface area contributed by atoms with Crippen LogP contribution in [0.5, 0.6) is 0 Å². The number of hydrogen-bond acceptors (Lipinski definition) is 5. The minimum Gasteiger partial charge on any atom is -0.354 e. The number of aryl methyl sites for hydroxylation is 1. The lowest BCUT2D eigenvalue weighted by Gasteiger charge is -2.13. The average molecular weight is 361 g/mol. The van der Waals surface area contributed by atoms with Crippen LogP contribution < -0.4 is 10.6 Å². The van der Waals surface area contributed by atoms with Gasteiger partial charge in [-0.3, -0.25) is 14.7 Å². The Morgan fingerprint density at radius 1 is 1.28 bits per heavy atom. The van der Waals surface area contributed by atoms with Gasteiger partial charge >= 0.3 is 0 Å². The highest BCUT2D eigenvalue weighted by atomic mass is 32.2. The summed E-state index contributed by atoms with van der Waals surface area (Å²) in [7, 11) is 0. The van der Waals surface area contributed by atoms with Gasteiger partial charge in [-0.2, -0.15) is 0 Å². The zero-order chi connectivity index (χ0) is 18.2. The van der Waals surface area contributed by atoms with Gasteiger partial charge in [-0.05, 0) is 20.3 Å². The smallest absolute Gasteiger partial charge is 0.242 e. The van der Waals surface area contributed by atoms with Crippen molar-refractivity contribution in [1.29, 1.82) is 0 Å². The minimum atomic E-state index is -0.560. The first-order valence-corrected chi connectivity index (χ1v) is 9.17. The number of nitrogens with zero attached hydrogens (tertiary/aromatic N) is 2. The van der Waals surface area contributed by atoms with E-state index in [4.69, 9.17) is 0 Å². The van der Waals surface area contributed by atoms with Crippen LogP contribution in [0.15, 0.2) is 29.4 Å². The van der Waals surface area contributed by atoms with Crippen LogP contribution in [0, 0.1) is 6.92 Å². The highest BCUT2D eigenvalue weighted by Crippen LogP contribution is 2.19. The van der Waals surface area contributed by atoms with Crippen molar-refractivity contribution in [2.24, 2.45) is 0 Å². The van der Waals surface area contributed by atoms with Gasteiger partial charge in [0.15, 0.2) is 5.82 Å². The Labute approximate surface area is 151 Å². The molecule has 25 heavy (non-hydrogen) atoms. The molecule has 0 spiro atoms. The van der Waals surface area contributed by atoms with Gasteiger partial charge in [0, 0.05) is 12.1 Å². The van der Waals surface area contributed by atoms with E-state index < -0.39 is 6.04 Å². The van der Waals surface area contributed by atoms with Gasteiger partial charge in [0.05, 0.1) is 5.75 Å². The van der Waals surface area contributed by atoms with Crippen molar-refractivity contribution >= 4 is 23.6 Å². The Kier molecular flexibility index (Phi) is 7.00. The molecule has 134 valence electrons. The molecule has 3 N–H and O–H groups in total. The van der Waals surface area contributed by atoms with E-state index in [1.807, 2.05) is 38.1 Å². The molecule has 1 atom stereocenters. The normalized spacial score (nSPS) is 11.8. The number of hydrogen-bond donors (Lipinski definition) is 3. The fourth-order valence-electron chi connectivity index (χ4n) is 2.03. The van der Waals surface area contributed by atoms with Crippen molar-refractivity contribution in [1.82, 2.24) is 25.8 Å². The lowest BCUT2D eigenvalue weighted by Crippen LogP contribution is -2.45. The summed E-state index contributed by atoms with van der Waals surface area (Å²) in [5, 5.41) is 12.9. The zero-order valence-corrected chi connectivity index (χ0v) is 15.4. The van der Waals surface area contributed by atoms with Crippen LogP contribution in [0.3, 0.4) is 0 Å². The number of aromatic amines is 1. The number of H-pyrrole nitrogens is 1. The molecule has 0 aliphatic heterocycles. The Morgan fingerprint density at radius 3 is 2.68 bits per heavy atom. The minimum absolute atomic E-state index is 0.149. The second-order valence-electron chi connectivity index (χ2n) is 5.70. The molecule has 0 saturated carbocycles. The van der Waals surface area contributed by atoms with Gasteiger partial charge in [-0.15, -0.1) is 5.10 Å². The number of nitrogens with one attached hydrogen (secondary N) is 3. The topological polar surface area (TPSA) is 99.8 Å². The van der Waals surface area contributed by atoms with E-state index in [-0.39, 0.29) is 17.6 Å². The fraction of sp³-hybridized carbons (Fsp3) is 0.412. The van der Waals surface area contributed by atoms with Gasteiger partial charge in [-0.1, -0.05) is 48.5 Å². The third kappa shape index (κ3) is 5.90. The molecular weight excluding hydrogens is 338 g/mol. The highest BCUT2D eigenvalue weighted by Gasteiger charge is 2.15. The molecule has 2 rings (SSSR count). The molecule has 0 unspecified atom stereocenters. The van der Waals surface area contributed by atoms with Crippen LogP contribution in [0.1, 0.15) is 25.8 Å². The molecule has 0 aliphatic carbocycles. The number of aromatic nitrogens is 3. The molecule has 1 aromatic carbocycles. The molecule has 1 heterocycles. The molecule has 2 aromatic rings. The van der Waals surface area contributed by atoms with Crippen LogP contribution >= 0.6 is 11.8 Å². The number of rotatable bonds is 8. The predicted octanol–water partition coefficient (Wildman–Crippen LogP) is 1.90. The number of thioether (sulfide) groups is 1. The maximum absolute atomic E-state index is 11.9. The van der Waals surface area contributed by atoms with Crippen molar-refractivity contribution in [3.63, 3.8) is 0 Å². The first kappa shape index (κ1) is 19.0. The second kappa shape index (κ2) is 9.22. The molecule has 2 amide bonds. The summed E-state index contributed by atoms with van der Waals surface area (Å²) in [4.78, 5) is 28.0. The van der Waals surface area contributed by atoms with Gasteiger partial charge < -0.3 is 10.6 Å². The number of benzene rings is 1. The summed E-state index contributed by atoms with van der Waals surface area (Å²) >= 11 is 1.22. The van der Waals surface area contributed by atoms with Crippen molar-refractivity contribution in [3.05, 3.63) is 29.8 Å². The van der Waals surface area contributed by atoms with Gasteiger partial charge in [0.2, 0.25) is 17.0 Å². The summed E-state index contributed by atoms with van der Waals surface area (Å²) in [5.74, 6) is 0.400. The van der Waals surface area contributed by atoms with Crippen LogP contribution in [0.25, 0.3) is 11.4 Å². The van der Waals surface area contributed by atoms with Crippen LogP contribution in [0.4, 0.5) is 0 Å².